The zero-order valence-corrected chi connectivity index (χ0v) is 23.1. The molecule has 36 heavy (non-hydrogen) atoms. The van der Waals surface area contributed by atoms with Gasteiger partial charge in [-0.1, -0.05) is 81.4 Å². The van der Waals surface area contributed by atoms with Gasteiger partial charge >= 0.3 is 0 Å². The van der Waals surface area contributed by atoms with Crippen molar-refractivity contribution in [1.29, 1.82) is 0 Å². The summed E-state index contributed by atoms with van der Waals surface area (Å²) >= 11 is 3.36. The Morgan fingerprint density at radius 3 is 1.97 bits per heavy atom. The Morgan fingerprint density at radius 2 is 1.44 bits per heavy atom. The van der Waals surface area contributed by atoms with Crippen LogP contribution in [0.25, 0.3) is 0 Å². The van der Waals surface area contributed by atoms with E-state index in [1.165, 1.54) is 0 Å². The number of ether oxygens (including phenoxy) is 2. The number of nitrogens with zero attached hydrogens (tertiary/aromatic N) is 1. The molecule has 0 radical (unpaired) electrons. The summed E-state index contributed by atoms with van der Waals surface area (Å²) in [6.07, 6.45) is -4.98. The van der Waals surface area contributed by atoms with Crippen LogP contribution >= 0.6 is 15.9 Å². The quantitative estimate of drug-likeness (QED) is 0.373. The summed E-state index contributed by atoms with van der Waals surface area (Å²) in [5.74, 6) is 0.205. The molecule has 4 rings (SSSR count). The summed E-state index contributed by atoms with van der Waals surface area (Å²) in [5.41, 5.74) is 0. The zero-order valence-electron chi connectivity index (χ0n) is 20.5. The van der Waals surface area contributed by atoms with E-state index >= 15 is 0 Å². The minimum atomic E-state index is -2.90. The number of halogens is 1. The first-order valence-electron chi connectivity index (χ1n) is 11.9. The van der Waals surface area contributed by atoms with Crippen LogP contribution in [0.3, 0.4) is 0 Å². The highest BCUT2D eigenvalue weighted by Crippen LogP contribution is 2.37. The first-order valence-corrected chi connectivity index (χ1v) is 14.6. The van der Waals surface area contributed by atoms with E-state index in [2.05, 4.69) is 66.0 Å². The van der Waals surface area contributed by atoms with E-state index in [4.69, 9.17) is 13.9 Å². The number of hydrogen-bond acceptors (Lipinski definition) is 7. The van der Waals surface area contributed by atoms with Gasteiger partial charge in [-0.25, -0.2) is 4.98 Å². The number of rotatable bonds is 7. The SMILES string of the molecule is CC(C)(C)[Si](OC[C@H]1O[C@@H](Oc2ncccc2Br)[C@H](O)[C@@H](O)[C@@H]1O)(c1ccccc1)c1ccccc1. The monoisotopic (exact) mass is 573 g/mol. The molecule has 1 aliphatic heterocycles. The third-order valence-corrected chi connectivity index (χ3v) is 12.1. The van der Waals surface area contributed by atoms with E-state index in [0.29, 0.717) is 4.47 Å². The zero-order chi connectivity index (χ0) is 25.9. The smallest absolute Gasteiger partial charge is 0.261 e. The van der Waals surface area contributed by atoms with E-state index in [-0.39, 0.29) is 17.5 Å². The predicted octanol–water partition coefficient (Wildman–Crippen LogP) is 2.61. The maximum absolute atomic E-state index is 10.8. The summed E-state index contributed by atoms with van der Waals surface area (Å²) in [5, 5.41) is 33.9. The van der Waals surface area contributed by atoms with Crippen LogP contribution in [0.4, 0.5) is 0 Å². The molecule has 1 saturated heterocycles. The average molecular weight is 575 g/mol. The Balaban J connectivity index is 1.65. The maximum atomic E-state index is 10.8. The van der Waals surface area contributed by atoms with Gasteiger partial charge in [-0.3, -0.25) is 0 Å². The van der Waals surface area contributed by atoms with Crippen LogP contribution in [0.2, 0.25) is 5.04 Å². The molecule has 1 aromatic heterocycles. The molecule has 1 aliphatic rings. The van der Waals surface area contributed by atoms with E-state index in [1.807, 2.05) is 36.4 Å². The number of aliphatic hydroxyl groups is 3. The molecule has 0 saturated carbocycles. The van der Waals surface area contributed by atoms with Crippen molar-refractivity contribution >= 4 is 34.6 Å². The van der Waals surface area contributed by atoms with Gasteiger partial charge < -0.3 is 29.2 Å². The fraction of sp³-hybridized carbons (Fsp3) is 0.370. The van der Waals surface area contributed by atoms with Crippen LogP contribution in [0.1, 0.15) is 20.8 Å². The van der Waals surface area contributed by atoms with Gasteiger partial charge in [0.1, 0.15) is 24.4 Å². The Kier molecular flexibility index (Phi) is 8.31. The number of aromatic nitrogens is 1. The largest absolute Gasteiger partial charge is 0.444 e. The fourth-order valence-corrected chi connectivity index (χ4v) is 9.61. The molecule has 2 heterocycles. The van der Waals surface area contributed by atoms with Crippen LogP contribution in [0.5, 0.6) is 5.88 Å². The van der Waals surface area contributed by atoms with Crippen molar-refractivity contribution in [3.05, 3.63) is 83.5 Å². The number of hydrogen-bond donors (Lipinski definition) is 3. The van der Waals surface area contributed by atoms with Crippen molar-refractivity contribution in [1.82, 2.24) is 4.98 Å². The standard InChI is InChI=1S/C27H32BrNO6Si/c1-27(2,3)36(18-11-6-4-7-12-18,19-13-8-5-9-14-19)33-17-21-22(30)23(31)24(32)26(34-21)35-25-20(28)15-10-16-29-25/h4-16,21-24,26,30-32H,17H2,1-3H3/t21-,22-,23+,24-,26+/m1/s1. The molecule has 2 aromatic carbocycles. The van der Waals surface area contributed by atoms with Gasteiger partial charge in [0, 0.05) is 6.20 Å². The fourth-order valence-electron chi connectivity index (χ4n) is 4.69. The predicted molar refractivity (Wildman–Crippen MR) is 143 cm³/mol. The van der Waals surface area contributed by atoms with Crippen molar-refractivity contribution in [3.8, 4) is 5.88 Å². The van der Waals surface area contributed by atoms with Gasteiger partial charge in [-0.15, -0.1) is 0 Å². The number of benzene rings is 2. The summed E-state index contributed by atoms with van der Waals surface area (Å²) in [6, 6.07) is 23.7. The molecule has 0 spiro atoms. The van der Waals surface area contributed by atoms with Crippen molar-refractivity contribution in [2.45, 2.75) is 56.5 Å². The van der Waals surface area contributed by atoms with Gasteiger partial charge in [0.05, 0.1) is 11.1 Å². The topological polar surface area (TPSA) is 101 Å². The molecule has 3 aromatic rings. The summed E-state index contributed by atoms with van der Waals surface area (Å²) in [4.78, 5) is 4.14. The molecule has 192 valence electrons. The molecular formula is C27H32BrNO6Si. The summed E-state index contributed by atoms with van der Waals surface area (Å²) in [7, 11) is -2.90. The minimum Gasteiger partial charge on any atom is -0.444 e. The van der Waals surface area contributed by atoms with Crippen molar-refractivity contribution in [3.63, 3.8) is 0 Å². The number of aliphatic hydroxyl groups excluding tert-OH is 3. The molecule has 5 atom stereocenters. The first-order chi connectivity index (χ1) is 17.1. The second-order valence-electron chi connectivity index (χ2n) is 9.90. The summed E-state index contributed by atoms with van der Waals surface area (Å²) < 4.78 is 19.2. The first kappa shape index (κ1) is 26.9. The van der Waals surface area contributed by atoms with Crippen LogP contribution in [0, 0.1) is 0 Å². The van der Waals surface area contributed by atoms with Gasteiger partial charge in [-0.2, -0.15) is 0 Å². The molecule has 0 unspecified atom stereocenters. The number of pyridine rings is 1. The Bertz CT molecular complexity index is 1090. The van der Waals surface area contributed by atoms with E-state index in [0.717, 1.165) is 10.4 Å². The lowest BCUT2D eigenvalue weighted by Crippen LogP contribution is -2.68. The molecule has 7 nitrogen and oxygen atoms in total. The van der Waals surface area contributed by atoms with Crippen LogP contribution in [0.15, 0.2) is 83.5 Å². The lowest BCUT2D eigenvalue weighted by Gasteiger charge is -2.45. The highest BCUT2D eigenvalue weighted by Gasteiger charge is 2.52. The van der Waals surface area contributed by atoms with Crippen LogP contribution in [-0.2, 0) is 9.16 Å². The van der Waals surface area contributed by atoms with Crippen LogP contribution < -0.4 is 15.1 Å². The lowest BCUT2D eigenvalue weighted by molar-refractivity contribution is -0.277. The van der Waals surface area contributed by atoms with Crippen molar-refractivity contribution in [2.75, 3.05) is 6.61 Å². The van der Waals surface area contributed by atoms with Gasteiger partial charge in [0.15, 0.2) is 0 Å². The highest BCUT2D eigenvalue weighted by atomic mass is 79.9. The van der Waals surface area contributed by atoms with Gasteiger partial charge in [0.2, 0.25) is 12.2 Å². The Labute approximate surface area is 221 Å². The van der Waals surface area contributed by atoms with E-state index in [1.54, 1.807) is 18.3 Å². The third kappa shape index (κ3) is 5.28. The maximum Gasteiger partial charge on any atom is 0.261 e. The van der Waals surface area contributed by atoms with Crippen molar-refractivity contribution < 1.29 is 29.2 Å². The molecule has 9 heteroatoms. The molecule has 0 bridgehead atoms. The average Bonchev–Trinajstić information content (AvgIpc) is 2.87. The Hall–Kier alpha value is -2.11. The molecular weight excluding hydrogens is 542 g/mol. The molecule has 3 N–H and O–H groups in total. The summed E-state index contributed by atoms with van der Waals surface area (Å²) in [6.45, 7) is 6.45. The second kappa shape index (κ2) is 11.1. The molecule has 1 fully saturated rings. The van der Waals surface area contributed by atoms with Gasteiger partial charge in [0.25, 0.3) is 8.32 Å². The van der Waals surface area contributed by atoms with Crippen molar-refractivity contribution in [2.24, 2.45) is 0 Å². The second-order valence-corrected chi connectivity index (χ2v) is 15.1. The minimum absolute atomic E-state index is 0.0124. The van der Waals surface area contributed by atoms with E-state index in [9.17, 15) is 15.3 Å². The van der Waals surface area contributed by atoms with Crippen LogP contribution in [-0.4, -0.2) is 65.9 Å². The Morgan fingerprint density at radius 1 is 0.861 bits per heavy atom. The molecule has 0 amide bonds. The highest BCUT2D eigenvalue weighted by molar-refractivity contribution is 9.10. The van der Waals surface area contributed by atoms with E-state index < -0.39 is 39.0 Å². The lowest BCUT2D eigenvalue weighted by atomic mass is 9.99. The van der Waals surface area contributed by atoms with Gasteiger partial charge in [-0.05, 0) is 43.5 Å². The molecule has 0 aliphatic carbocycles. The normalized spacial score (nSPS) is 24.9. The third-order valence-electron chi connectivity index (χ3n) is 6.50.